The second kappa shape index (κ2) is 12.1. The zero-order valence-electron chi connectivity index (χ0n) is 17.5. The number of aryl methyl sites for hydroxylation is 1. The molecule has 1 aromatic heterocycles. The van der Waals surface area contributed by atoms with Gasteiger partial charge in [-0.2, -0.15) is 5.10 Å². The maximum atomic E-state index is 11.9. The number of carbonyl (C=O) groups excluding carboxylic acids is 1. The van der Waals surface area contributed by atoms with E-state index in [0.29, 0.717) is 41.3 Å². The molecule has 29 heavy (non-hydrogen) atoms. The summed E-state index contributed by atoms with van der Waals surface area (Å²) in [4.78, 5) is 16.7. The van der Waals surface area contributed by atoms with Crippen LogP contribution in [0.15, 0.2) is 23.3 Å². The molecule has 1 aromatic carbocycles. The third kappa shape index (κ3) is 7.05. The van der Waals surface area contributed by atoms with E-state index in [0.717, 1.165) is 30.6 Å². The average molecular weight is 420 g/mol. The fourth-order valence-electron chi connectivity index (χ4n) is 2.52. The summed E-state index contributed by atoms with van der Waals surface area (Å²) in [6.45, 7) is 9.21. The first-order valence-electron chi connectivity index (χ1n) is 9.92. The lowest BCUT2D eigenvalue weighted by Gasteiger charge is -2.12. The second-order valence-corrected chi connectivity index (χ2v) is 7.22. The van der Waals surface area contributed by atoms with Crippen molar-refractivity contribution in [1.82, 2.24) is 4.98 Å². The monoisotopic (exact) mass is 419 g/mol. The number of thiazole rings is 1. The standard InChI is InChI=1S/C21H29N3O4S/c1-5-8-9-12-28-17-11-10-16(13-18(17)26-6-2)14-22-24-21-23-15(4)19(29-21)20(25)27-7-3/h10-11,13-14H,5-9,12H2,1-4H3,(H,23,24)/b22-14-. The molecule has 0 atom stereocenters. The van der Waals surface area contributed by atoms with E-state index in [-0.39, 0.29) is 5.97 Å². The minimum absolute atomic E-state index is 0.331. The van der Waals surface area contributed by atoms with E-state index in [1.165, 1.54) is 11.3 Å². The van der Waals surface area contributed by atoms with Crippen LogP contribution in [0.5, 0.6) is 11.5 Å². The van der Waals surface area contributed by atoms with Crippen molar-refractivity contribution in [2.75, 3.05) is 25.2 Å². The highest BCUT2D eigenvalue weighted by molar-refractivity contribution is 7.17. The van der Waals surface area contributed by atoms with Gasteiger partial charge in [0.1, 0.15) is 4.88 Å². The maximum Gasteiger partial charge on any atom is 0.350 e. The van der Waals surface area contributed by atoms with Crippen molar-refractivity contribution < 1.29 is 19.0 Å². The number of hydrazone groups is 1. The zero-order chi connectivity index (χ0) is 21.1. The SMILES string of the molecule is CCCCCOc1ccc(/C=N\Nc2nc(C)c(C(=O)OCC)s2)cc1OCC. The molecule has 0 aliphatic heterocycles. The molecule has 0 fully saturated rings. The van der Waals surface area contributed by atoms with Gasteiger partial charge in [-0.15, -0.1) is 0 Å². The highest BCUT2D eigenvalue weighted by Gasteiger charge is 2.16. The van der Waals surface area contributed by atoms with E-state index < -0.39 is 0 Å². The summed E-state index contributed by atoms with van der Waals surface area (Å²) in [5.41, 5.74) is 4.34. The molecule has 0 aliphatic carbocycles. The van der Waals surface area contributed by atoms with Gasteiger partial charge in [-0.3, -0.25) is 5.43 Å². The van der Waals surface area contributed by atoms with Crippen LogP contribution in [0.2, 0.25) is 0 Å². The quantitative estimate of drug-likeness (QED) is 0.225. The molecule has 8 heteroatoms. The molecule has 0 saturated heterocycles. The van der Waals surface area contributed by atoms with E-state index >= 15 is 0 Å². The molecule has 7 nitrogen and oxygen atoms in total. The second-order valence-electron chi connectivity index (χ2n) is 6.22. The zero-order valence-corrected chi connectivity index (χ0v) is 18.3. The Hall–Kier alpha value is -2.61. The Morgan fingerprint density at radius 1 is 1.17 bits per heavy atom. The van der Waals surface area contributed by atoms with Gasteiger partial charge in [-0.05, 0) is 51.0 Å². The van der Waals surface area contributed by atoms with Crippen molar-refractivity contribution in [2.24, 2.45) is 5.10 Å². The average Bonchev–Trinajstić information content (AvgIpc) is 3.07. The molecule has 0 saturated carbocycles. The number of esters is 1. The normalized spacial score (nSPS) is 10.9. The lowest BCUT2D eigenvalue weighted by Crippen LogP contribution is -2.03. The summed E-state index contributed by atoms with van der Waals surface area (Å²) in [6, 6.07) is 5.70. The number of rotatable bonds is 12. The Labute approximate surface area is 176 Å². The van der Waals surface area contributed by atoms with Crippen molar-refractivity contribution in [2.45, 2.75) is 47.0 Å². The summed E-state index contributed by atoms with van der Waals surface area (Å²) < 4.78 is 16.6. The minimum Gasteiger partial charge on any atom is -0.490 e. The van der Waals surface area contributed by atoms with Gasteiger partial charge in [-0.1, -0.05) is 31.1 Å². The van der Waals surface area contributed by atoms with Gasteiger partial charge in [0.2, 0.25) is 5.13 Å². The van der Waals surface area contributed by atoms with E-state index in [9.17, 15) is 4.79 Å². The number of nitrogens with one attached hydrogen (secondary N) is 1. The maximum absolute atomic E-state index is 11.9. The highest BCUT2D eigenvalue weighted by atomic mass is 32.1. The number of nitrogens with zero attached hydrogens (tertiary/aromatic N) is 2. The number of aromatic nitrogens is 1. The molecule has 0 amide bonds. The van der Waals surface area contributed by atoms with Crippen LogP contribution in [0.3, 0.4) is 0 Å². The molecule has 0 unspecified atom stereocenters. The summed E-state index contributed by atoms with van der Waals surface area (Å²) >= 11 is 1.21. The molecular weight excluding hydrogens is 390 g/mol. The molecule has 1 N–H and O–H groups in total. The van der Waals surface area contributed by atoms with Gasteiger partial charge >= 0.3 is 5.97 Å². The van der Waals surface area contributed by atoms with Gasteiger partial charge in [0, 0.05) is 0 Å². The van der Waals surface area contributed by atoms with Gasteiger partial charge in [0.05, 0.1) is 31.7 Å². The molecule has 2 aromatic rings. The summed E-state index contributed by atoms with van der Waals surface area (Å²) in [6.07, 6.45) is 5.00. The largest absolute Gasteiger partial charge is 0.490 e. The van der Waals surface area contributed by atoms with Crippen LogP contribution >= 0.6 is 11.3 Å². The number of ether oxygens (including phenoxy) is 3. The van der Waals surface area contributed by atoms with Crippen LogP contribution in [0.1, 0.15) is 61.0 Å². The Bertz CT molecular complexity index is 820. The molecule has 0 spiro atoms. The molecule has 0 aliphatic rings. The van der Waals surface area contributed by atoms with E-state index in [4.69, 9.17) is 14.2 Å². The first-order chi connectivity index (χ1) is 14.1. The van der Waals surface area contributed by atoms with Crippen molar-refractivity contribution in [3.05, 3.63) is 34.3 Å². The Kier molecular flexibility index (Phi) is 9.43. The number of hydrogen-bond donors (Lipinski definition) is 1. The molecule has 0 radical (unpaired) electrons. The number of anilines is 1. The van der Waals surface area contributed by atoms with E-state index in [2.05, 4.69) is 22.4 Å². The van der Waals surface area contributed by atoms with Crippen molar-refractivity contribution in [3.8, 4) is 11.5 Å². The van der Waals surface area contributed by atoms with Crippen LogP contribution in [-0.2, 0) is 4.74 Å². The fourth-order valence-corrected chi connectivity index (χ4v) is 3.33. The van der Waals surface area contributed by atoms with Crippen molar-refractivity contribution in [1.29, 1.82) is 0 Å². The Morgan fingerprint density at radius 2 is 2.00 bits per heavy atom. The minimum atomic E-state index is -0.365. The van der Waals surface area contributed by atoms with Crippen LogP contribution in [0.4, 0.5) is 5.13 Å². The smallest absolute Gasteiger partial charge is 0.350 e. The summed E-state index contributed by atoms with van der Waals surface area (Å²) in [5, 5.41) is 4.74. The summed E-state index contributed by atoms with van der Waals surface area (Å²) in [5.74, 6) is 1.07. The predicted octanol–water partition coefficient (Wildman–Crippen LogP) is 5.04. The van der Waals surface area contributed by atoms with Crippen molar-refractivity contribution >= 4 is 28.7 Å². The van der Waals surface area contributed by atoms with Crippen molar-refractivity contribution in [3.63, 3.8) is 0 Å². The van der Waals surface area contributed by atoms with Crippen LogP contribution < -0.4 is 14.9 Å². The predicted molar refractivity (Wildman–Crippen MR) is 117 cm³/mol. The summed E-state index contributed by atoms with van der Waals surface area (Å²) in [7, 11) is 0. The lowest BCUT2D eigenvalue weighted by atomic mass is 10.2. The molecule has 2 rings (SSSR count). The number of unbranched alkanes of at least 4 members (excludes halogenated alkanes) is 2. The van der Waals surface area contributed by atoms with Crippen LogP contribution in [0, 0.1) is 6.92 Å². The topological polar surface area (TPSA) is 82.0 Å². The first-order valence-corrected chi connectivity index (χ1v) is 10.7. The number of benzene rings is 1. The van der Waals surface area contributed by atoms with Gasteiger partial charge in [0.15, 0.2) is 11.5 Å². The van der Waals surface area contributed by atoms with E-state index in [1.807, 2.05) is 25.1 Å². The third-order valence-electron chi connectivity index (χ3n) is 3.90. The first kappa shape index (κ1) is 22.7. The number of hydrogen-bond acceptors (Lipinski definition) is 8. The Morgan fingerprint density at radius 3 is 2.72 bits per heavy atom. The molecule has 0 bridgehead atoms. The molecular formula is C21H29N3O4S. The van der Waals surface area contributed by atoms with E-state index in [1.54, 1.807) is 20.1 Å². The van der Waals surface area contributed by atoms with Crippen LogP contribution in [-0.4, -0.2) is 37.0 Å². The molecule has 158 valence electrons. The lowest BCUT2D eigenvalue weighted by molar-refractivity contribution is 0.0531. The Balaban J connectivity index is 2.01. The number of carbonyl (C=O) groups is 1. The van der Waals surface area contributed by atoms with Gasteiger partial charge in [-0.25, -0.2) is 9.78 Å². The third-order valence-corrected chi connectivity index (χ3v) is 4.95. The molecule has 1 heterocycles. The fraction of sp³-hybridized carbons (Fsp3) is 0.476. The highest BCUT2D eigenvalue weighted by Crippen LogP contribution is 2.28. The van der Waals surface area contributed by atoms with Crippen LogP contribution in [0.25, 0.3) is 0 Å². The van der Waals surface area contributed by atoms with Gasteiger partial charge in [0.25, 0.3) is 0 Å². The van der Waals surface area contributed by atoms with Gasteiger partial charge < -0.3 is 14.2 Å².